The second kappa shape index (κ2) is 6.63. The minimum Gasteiger partial charge on any atom is -0.506 e. The van der Waals surface area contributed by atoms with Crippen molar-refractivity contribution in [3.8, 4) is 5.75 Å². The quantitative estimate of drug-likeness (QED) is 0.269. The lowest BCUT2D eigenvalue weighted by molar-refractivity contribution is 0.381. The summed E-state index contributed by atoms with van der Waals surface area (Å²) < 4.78 is 91.4. The fraction of sp³-hybridized carbons (Fsp3) is 0. The van der Waals surface area contributed by atoms with E-state index in [-0.39, 0.29) is 16.7 Å². The normalized spacial score (nSPS) is 11.7. The Kier molecular flexibility index (Phi) is 4.61. The molecule has 0 atom stereocenters. The highest BCUT2D eigenvalue weighted by Gasteiger charge is 2.27. The predicted molar refractivity (Wildman–Crippen MR) is 83.6 cm³/mol. The van der Waals surface area contributed by atoms with E-state index in [1.54, 1.807) is 0 Å². The van der Waals surface area contributed by atoms with Crippen LogP contribution in [0.4, 0.5) is 27.6 Å². The van der Waals surface area contributed by atoms with Crippen molar-refractivity contribution in [1.82, 2.24) is 9.82 Å². The van der Waals surface area contributed by atoms with Crippen LogP contribution >= 0.6 is 0 Å². The highest BCUT2D eigenvalue weighted by Crippen LogP contribution is 2.29. The first kappa shape index (κ1) is 18.8. The fourth-order valence-corrected chi connectivity index (χ4v) is 3.30. The van der Waals surface area contributed by atoms with Gasteiger partial charge in [-0.3, -0.25) is 4.98 Å². The molecular formula is C15H8F5N3O3S. The Morgan fingerprint density at radius 1 is 0.889 bits per heavy atom. The van der Waals surface area contributed by atoms with E-state index >= 15 is 0 Å². The predicted octanol–water partition coefficient (Wildman–Crippen LogP) is 2.94. The van der Waals surface area contributed by atoms with Crippen LogP contribution in [0.15, 0.2) is 35.4 Å². The number of rotatable bonds is 4. The molecular weight excluding hydrogens is 397 g/mol. The minimum absolute atomic E-state index is 0.0378. The summed E-state index contributed by atoms with van der Waals surface area (Å²) >= 11 is 0. The molecule has 3 N–H and O–H groups in total. The number of phenolic OH excluding ortho intramolecular Hbond substituents is 1. The maximum Gasteiger partial charge on any atom is 0.257 e. The van der Waals surface area contributed by atoms with Crippen LogP contribution < -0.4 is 10.3 Å². The zero-order valence-electron chi connectivity index (χ0n) is 12.9. The number of pyridine rings is 1. The number of phenols is 1. The number of sulfonamides is 1. The molecule has 0 saturated heterocycles. The van der Waals surface area contributed by atoms with Gasteiger partial charge in [-0.2, -0.15) is 0 Å². The number of hydrogen-bond acceptors (Lipinski definition) is 5. The van der Waals surface area contributed by atoms with Crippen LogP contribution in [0.5, 0.6) is 5.75 Å². The molecule has 0 aliphatic rings. The van der Waals surface area contributed by atoms with Gasteiger partial charge in [0.2, 0.25) is 5.82 Å². The van der Waals surface area contributed by atoms with Gasteiger partial charge in [-0.25, -0.2) is 30.4 Å². The van der Waals surface area contributed by atoms with Gasteiger partial charge in [0.25, 0.3) is 10.0 Å². The highest BCUT2D eigenvalue weighted by atomic mass is 32.2. The number of nitrogens with one attached hydrogen (secondary N) is 2. The Bertz CT molecular complexity index is 1140. The molecule has 0 unspecified atom stereocenters. The summed E-state index contributed by atoms with van der Waals surface area (Å²) in [5, 5.41) is 9.68. The molecule has 12 heteroatoms. The molecule has 27 heavy (non-hydrogen) atoms. The number of nitrogens with zero attached hydrogens (tertiary/aromatic N) is 1. The van der Waals surface area contributed by atoms with E-state index in [4.69, 9.17) is 0 Å². The highest BCUT2D eigenvalue weighted by molar-refractivity contribution is 7.89. The molecule has 3 aromatic rings. The van der Waals surface area contributed by atoms with Crippen molar-refractivity contribution in [2.75, 3.05) is 5.43 Å². The molecule has 0 bridgehead atoms. The summed E-state index contributed by atoms with van der Waals surface area (Å²) in [5.41, 5.74) is -0.155. The van der Waals surface area contributed by atoms with Crippen LogP contribution in [0.25, 0.3) is 10.9 Å². The molecule has 3 rings (SSSR count). The second-order valence-electron chi connectivity index (χ2n) is 5.16. The van der Waals surface area contributed by atoms with E-state index in [0.717, 1.165) is 12.1 Å². The van der Waals surface area contributed by atoms with Gasteiger partial charge in [0, 0.05) is 11.6 Å². The van der Waals surface area contributed by atoms with Crippen LogP contribution in [0.3, 0.4) is 0 Å². The summed E-state index contributed by atoms with van der Waals surface area (Å²) in [5.74, 6) is -11.7. The Labute approximate surface area is 148 Å². The Morgan fingerprint density at radius 2 is 1.48 bits per heavy atom. The molecule has 1 aromatic heterocycles. The first-order chi connectivity index (χ1) is 12.6. The number of anilines is 1. The summed E-state index contributed by atoms with van der Waals surface area (Å²) in [6, 6.07) is 4.66. The van der Waals surface area contributed by atoms with E-state index < -0.39 is 49.7 Å². The van der Waals surface area contributed by atoms with E-state index in [1.807, 2.05) is 0 Å². The maximum atomic E-state index is 13.6. The molecule has 0 aliphatic heterocycles. The summed E-state index contributed by atoms with van der Waals surface area (Å²) in [4.78, 5) is 4.89. The third kappa shape index (κ3) is 3.13. The molecule has 0 saturated carbocycles. The SMILES string of the molecule is O=S(=O)(NNc1c(F)c(F)c(F)c(F)c1F)c1ccc(O)c2ncccc12. The maximum absolute atomic E-state index is 13.6. The number of aromatic hydroxyl groups is 1. The molecule has 0 spiro atoms. The van der Waals surface area contributed by atoms with Gasteiger partial charge < -0.3 is 10.5 Å². The number of benzene rings is 2. The van der Waals surface area contributed by atoms with Gasteiger partial charge in [-0.05, 0) is 24.3 Å². The average molecular weight is 405 g/mol. The lowest BCUT2D eigenvalue weighted by atomic mass is 10.2. The second-order valence-corrected chi connectivity index (χ2v) is 6.81. The van der Waals surface area contributed by atoms with Crippen LogP contribution in [0.1, 0.15) is 0 Å². The average Bonchev–Trinajstić information content (AvgIpc) is 2.65. The first-order valence-electron chi connectivity index (χ1n) is 7.01. The van der Waals surface area contributed by atoms with Crippen molar-refractivity contribution >= 4 is 26.6 Å². The molecule has 6 nitrogen and oxygen atoms in total. The third-order valence-corrected chi connectivity index (χ3v) is 4.82. The first-order valence-corrected chi connectivity index (χ1v) is 8.49. The van der Waals surface area contributed by atoms with Crippen molar-refractivity contribution in [2.24, 2.45) is 0 Å². The Morgan fingerprint density at radius 3 is 2.11 bits per heavy atom. The van der Waals surface area contributed by atoms with Gasteiger partial charge >= 0.3 is 0 Å². The molecule has 1 heterocycles. The van der Waals surface area contributed by atoms with E-state index in [2.05, 4.69) is 4.98 Å². The van der Waals surface area contributed by atoms with E-state index in [9.17, 15) is 35.5 Å². The van der Waals surface area contributed by atoms with Crippen LogP contribution in [0, 0.1) is 29.1 Å². The van der Waals surface area contributed by atoms with Crippen molar-refractivity contribution in [3.05, 3.63) is 59.5 Å². The van der Waals surface area contributed by atoms with Gasteiger partial charge in [0.1, 0.15) is 17.0 Å². The van der Waals surface area contributed by atoms with Crippen LogP contribution in [-0.4, -0.2) is 18.5 Å². The topological polar surface area (TPSA) is 91.3 Å². The molecule has 0 amide bonds. The van der Waals surface area contributed by atoms with Crippen LogP contribution in [-0.2, 0) is 10.0 Å². The van der Waals surface area contributed by atoms with Crippen molar-refractivity contribution in [1.29, 1.82) is 0 Å². The zero-order chi connectivity index (χ0) is 19.9. The number of hydrogen-bond donors (Lipinski definition) is 3. The fourth-order valence-electron chi connectivity index (χ4n) is 2.25. The minimum atomic E-state index is -4.56. The lowest BCUT2D eigenvalue weighted by Crippen LogP contribution is -2.31. The van der Waals surface area contributed by atoms with Gasteiger partial charge in [-0.15, -0.1) is 4.83 Å². The Hall–Kier alpha value is -2.99. The molecule has 2 aromatic carbocycles. The molecule has 142 valence electrons. The molecule has 0 fully saturated rings. The monoisotopic (exact) mass is 405 g/mol. The zero-order valence-corrected chi connectivity index (χ0v) is 13.7. The largest absolute Gasteiger partial charge is 0.506 e. The van der Waals surface area contributed by atoms with Gasteiger partial charge in [0.15, 0.2) is 23.3 Å². The number of aromatic nitrogens is 1. The lowest BCUT2D eigenvalue weighted by Gasteiger charge is -2.13. The number of halogens is 5. The number of hydrazine groups is 1. The van der Waals surface area contributed by atoms with Gasteiger partial charge in [-0.1, -0.05) is 0 Å². The van der Waals surface area contributed by atoms with Crippen molar-refractivity contribution in [3.63, 3.8) is 0 Å². The number of fused-ring (bicyclic) bond motifs is 1. The molecule has 0 radical (unpaired) electrons. The van der Waals surface area contributed by atoms with E-state index in [1.165, 1.54) is 28.6 Å². The van der Waals surface area contributed by atoms with Crippen LogP contribution in [0.2, 0.25) is 0 Å². The van der Waals surface area contributed by atoms with E-state index in [0.29, 0.717) is 0 Å². The Balaban J connectivity index is 2.02. The van der Waals surface area contributed by atoms with Crippen molar-refractivity contribution < 1.29 is 35.5 Å². The van der Waals surface area contributed by atoms with Gasteiger partial charge in [0.05, 0.1) is 4.90 Å². The third-order valence-electron chi connectivity index (χ3n) is 3.52. The summed E-state index contributed by atoms with van der Waals surface area (Å²) in [6.07, 6.45) is 1.29. The smallest absolute Gasteiger partial charge is 0.257 e. The van der Waals surface area contributed by atoms with Crippen molar-refractivity contribution in [2.45, 2.75) is 4.90 Å². The summed E-state index contributed by atoms with van der Waals surface area (Å²) in [7, 11) is -4.56. The summed E-state index contributed by atoms with van der Waals surface area (Å²) in [6.45, 7) is 0. The molecule has 0 aliphatic carbocycles. The standard InChI is InChI=1S/C15H8F5N3O3S/c16-9-10(17)12(19)15(13(20)11(9)18)22-23-27(25,26)8-4-3-7(24)14-6(8)2-1-5-21-14/h1-5,22-24H.